The van der Waals surface area contributed by atoms with Crippen LogP contribution >= 0.6 is 0 Å². The number of fused-ring (bicyclic) bond motifs is 3. The van der Waals surface area contributed by atoms with E-state index in [2.05, 4.69) is 76.0 Å². The minimum atomic E-state index is -1.32. The minimum Gasteiger partial charge on any atom is -0.233 e. The number of rotatable bonds is 3. The second-order valence-electron chi connectivity index (χ2n) is 10.7. The fourth-order valence-electron chi connectivity index (χ4n) is 5.77. The summed E-state index contributed by atoms with van der Waals surface area (Å²) in [6, 6.07) is 16.0. The van der Waals surface area contributed by atoms with Crippen LogP contribution < -0.4 is 5.19 Å². The van der Waals surface area contributed by atoms with Crippen molar-refractivity contribution in [3.8, 4) is 11.3 Å². The van der Waals surface area contributed by atoms with Gasteiger partial charge in [-0.1, -0.05) is 74.1 Å². The predicted octanol–water partition coefficient (Wildman–Crippen LogP) is 7.58. The molecule has 5 rings (SSSR count). The third kappa shape index (κ3) is 3.57. The molecule has 164 valence electrons. The van der Waals surface area contributed by atoms with Gasteiger partial charge in [0.2, 0.25) is 0 Å². The van der Waals surface area contributed by atoms with Crippen molar-refractivity contribution in [2.75, 3.05) is 0 Å². The summed E-state index contributed by atoms with van der Waals surface area (Å²) in [7, 11) is -1.32. The predicted molar refractivity (Wildman–Crippen MR) is 141 cm³/mol. The summed E-state index contributed by atoms with van der Waals surface area (Å²) in [6.07, 6.45) is 5.35. The number of hydrogen-bond acceptors (Lipinski definition) is 2. The average molecular weight is 439 g/mol. The van der Waals surface area contributed by atoms with Crippen molar-refractivity contribution >= 4 is 34.9 Å². The quantitative estimate of drug-likeness (QED) is 0.243. The first-order chi connectivity index (χ1) is 15.2. The molecule has 0 bridgehead atoms. The highest BCUT2D eigenvalue weighted by Crippen LogP contribution is 2.42. The first kappa shape index (κ1) is 21.3. The topological polar surface area (TPSA) is 25.8 Å². The molecule has 4 aromatic rings. The molecule has 1 heterocycles. The Morgan fingerprint density at radius 3 is 2.19 bits per heavy atom. The lowest BCUT2D eigenvalue weighted by molar-refractivity contribution is 0.714. The van der Waals surface area contributed by atoms with E-state index in [1.165, 1.54) is 58.3 Å². The summed E-state index contributed by atoms with van der Waals surface area (Å²) < 4.78 is 0. The van der Waals surface area contributed by atoms with Gasteiger partial charge in [0.1, 0.15) is 5.82 Å². The van der Waals surface area contributed by atoms with Crippen molar-refractivity contribution in [2.24, 2.45) is 0 Å². The first-order valence-electron chi connectivity index (χ1n) is 12.1. The van der Waals surface area contributed by atoms with E-state index < -0.39 is 8.07 Å². The van der Waals surface area contributed by atoms with Crippen LogP contribution in [0.3, 0.4) is 0 Å². The summed E-state index contributed by atoms with van der Waals surface area (Å²) in [4.78, 5) is 9.92. The number of aromatic nitrogens is 2. The largest absolute Gasteiger partial charge is 0.233 e. The second kappa shape index (κ2) is 7.81. The van der Waals surface area contributed by atoms with Crippen LogP contribution in [0.4, 0.5) is 0 Å². The van der Waals surface area contributed by atoms with Gasteiger partial charge in [-0.05, 0) is 67.7 Å². The van der Waals surface area contributed by atoms with Crippen LogP contribution in [0.1, 0.15) is 54.1 Å². The van der Waals surface area contributed by atoms with Gasteiger partial charge in [0.15, 0.2) is 0 Å². The van der Waals surface area contributed by atoms with Gasteiger partial charge in [-0.2, -0.15) is 0 Å². The molecule has 0 aliphatic heterocycles. The molecule has 0 amide bonds. The Labute approximate surface area is 193 Å². The van der Waals surface area contributed by atoms with E-state index in [1.807, 2.05) is 6.92 Å². The summed E-state index contributed by atoms with van der Waals surface area (Å²) in [5, 5.41) is 5.26. The molecule has 3 heteroatoms. The molecular formula is C29H34N2Si. The smallest absolute Gasteiger partial charge is 0.126 e. The van der Waals surface area contributed by atoms with Gasteiger partial charge < -0.3 is 0 Å². The Hall–Kier alpha value is -2.52. The molecule has 2 nitrogen and oxygen atoms in total. The van der Waals surface area contributed by atoms with Gasteiger partial charge in [0.25, 0.3) is 0 Å². The van der Waals surface area contributed by atoms with Crippen LogP contribution in [-0.2, 0) is 0 Å². The zero-order chi connectivity index (χ0) is 22.6. The van der Waals surface area contributed by atoms with Crippen molar-refractivity contribution in [1.82, 2.24) is 9.97 Å². The molecule has 0 atom stereocenters. The van der Waals surface area contributed by atoms with Gasteiger partial charge in [-0.3, -0.25) is 0 Å². The third-order valence-corrected chi connectivity index (χ3v) is 9.44. The highest BCUT2D eigenvalue weighted by Gasteiger charge is 2.23. The molecule has 0 spiro atoms. The lowest BCUT2D eigenvalue weighted by Gasteiger charge is -2.20. The van der Waals surface area contributed by atoms with E-state index in [1.54, 1.807) is 5.56 Å². The summed E-state index contributed by atoms with van der Waals surface area (Å²) >= 11 is 0. The van der Waals surface area contributed by atoms with Crippen molar-refractivity contribution in [2.45, 2.75) is 72.0 Å². The minimum absolute atomic E-state index is 0.700. The second-order valence-corrected chi connectivity index (χ2v) is 15.8. The van der Waals surface area contributed by atoms with Gasteiger partial charge in [-0.15, -0.1) is 0 Å². The van der Waals surface area contributed by atoms with Crippen molar-refractivity contribution in [3.63, 3.8) is 0 Å². The van der Waals surface area contributed by atoms with Crippen LogP contribution in [-0.4, -0.2) is 18.0 Å². The first-order valence-corrected chi connectivity index (χ1v) is 15.6. The maximum atomic E-state index is 5.00. The molecule has 1 aromatic heterocycles. The average Bonchev–Trinajstić information content (AvgIpc) is 3.26. The van der Waals surface area contributed by atoms with Crippen LogP contribution in [0.2, 0.25) is 19.6 Å². The Bertz CT molecular complexity index is 1320. The monoisotopic (exact) mass is 438 g/mol. The Balaban J connectivity index is 1.76. The van der Waals surface area contributed by atoms with E-state index in [9.17, 15) is 0 Å². The maximum absolute atomic E-state index is 5.00. The molecular weight excluding hydrogens is 404 g/mol. The lowest BCUT2D eigenvalue weighted by atomic mass is 9.85. The summed E-state index contributed by atoms with van der Waals surface area (Å²) in [6.45, 7) is 13.8. The van der Waals surface area contributed by atoms with Crippen molar-refractivity contribution < 1.29 is 0 Å². The molecule has 0 N–H and O–H groups in total. The van der Waals surface area contributed by atoms with Gasteiger partial charge >= 0.3 is 0 Å². The van der Waals surface area contributed by atoms with E-state index in [0.29, 0.717) is 5.92 Å². The molecule has 1 aliphatic carbocycles. The van der Waals surface area contributed by atoms with E-state index in [0.717, 1.165) is 22.4 Å². The highest BCUT2D eigenvalue weighted by molar-refractivity contribution is 6.88. The van der Waals surface area contributed by atoms with E-state index in [-0.39, 0.29) is 0 Å². The van der Waals surface area contributed by atoms with Gasteiger partial charge in [0.05, 0.1) is 19.3 Å². The standard InChI is InChI=1S/C29H34N2Si/c1-18-17-23-13-16-25-28(22-11-14-24(15-12-22)32(4,5)6)30-20(3)31-29(25)27(23)19(2)26(18)21-9-7-8-10-21/h11-17,21H,7-10H2,1-6H3. The molecule has 0 unspecified atom stereocenters. The molecule has 1 fully saturated rings. The maximum Gasteiger partial charge on any atom is 0.126 e. The molecule has 3 aromatic carbocycles. The normalized spacial score (nSPS) is 15.2. The van der Waals surface area contributed by atoms with Gasteiger partial charge in [0, 0.05) is 16.3 Å². The highest BCUT2D eigenvalue weighted by atomic mass is 28.3. The number of hydrogen-bond donors (Lipinski definition) is 0. The number of nitrogens with zero attached hydrogens (tertiary/aromatic N) is 2. The SMILES string of the molecule is Cc1nc(-c2ccc([Si](C)(C)C)cc2)c2ccc3cc(C)c(C4CCCC4)c(C)c3c2n1. The lowest BCUT2D eigenvalue weighted by Crippen LogP contribution is -2.37. The Kier molecular flexibility index (Phi) is 5.20. The van der Waals surface area contributed by atoms with E-state index in [4.69, 9.17) is 9.97 Å². The summed E-state index contributed by atoms with van der Waals surface area (Å²) in [5.41, 5.74) is 7.78. The zero-order valence-electron chi connectivity index (χ0n) is 20.3. The van der Waals surface area contributed by atoms with Crippen LogP contribution in [0.15, 0.2) is 42.5 Å². The number of aryl methyl sites for hydroxylation is 3. The fraction of sp³-hybridized carbons (Fsp3) is 0.379. The molecule has 0 radical (unpaired) electrons. The van der Waals surface area contributed by atoms with Crippen molar-refractivity contribution in [1.29, 1.82) is 0 Å². The van der Waals surface area contributed by atoms with Gasteiger partial charge in [-0.25, -0.2) is 9.97 Å². The van der Waals surface area contributed by atoms with Crippen LogP contribution in [0.5, 0.6) is 0 Å². The third-order valence-electron chi connectivity index (χ3n) is 7.38. The zero-order valence-corrected chi connectivity index (χ0v) is 21.3. The Morgan fingerprint density at radius 1 is 0.844 bits per heavy atom. The summed E-state index contributed by atoms with van der Waals surface area (Å²) in [5.74, 6) is 1.54. The van der Waals surface area contributed by atoms with Crippen molar-refractivity contribution in [3.05, 3.63) is 65.0 Å². The Morgan fingerprint density at radius 2 is 1.53 bits per heavy atom. The molecule has 1 aliphatic rings. The molecule has 0 saturated heterocycles. The molecule has 1 saturated carbocycles. The number of benzene rings is 3. The van der Waals surface area contributed by atoms with Crippen LogP contribution in [0.25, 0.3) is 32.9 Å². The van der Waals surface area contributed by atoms with Crippen LogP contribution in [0, 0.1) is 20.8 Å². The molecule has 32 heavy (non-hydrogen) atoms. The fourth-order valence-corrected chi connectivity index (χ4v) is 6.94. The van der Waals surface area contributed by atoms with E-state index >= 15 is 0 Å².